The van der Waals surface area contributed by atoms with Crippen LogP contribution in [-0.4, -0.2) is 16.3 Å². The Hall–Kier alpha value is -3.50. The summed E-state index contributed by atoms with van der Waals surface area (Å²) < 4.78 is 16.7. The van der Waals surface area contributed by atoms with E-state index < -0.39 is 17.5 Å². The number of ketones is 1. The van der Waals surface area contributed by atoms with E-state index in [4.69, 9.17) is 0 Å². The number of hydrogen-bond acceptors (Lipinski definition) is 3. The summed E-state index contributed by atoms with van der Waals surface area (Å²) in [6.07, 6.45) is 0. The van der Waals surface area contributed by atoms with Crippen LogP contribution in [0.25, 0.3) is 11.3 Å². The molecule has 0 fully saturated rings. The van der Waals surface area contributed by atoms with Gasteiger partial charge in [0.15, 0.2) is 0 Å². The Kier molecular flexibility index (Phi) is 4.88. The van der Waals surface area contributed by atoms with Gasteiger partial charge in [-0.05, 0) is 50.2 Å². The number of rotatable bonds is 3. The first-order valence-corrected chi connectivity index (χ1v) is 9.87. The Morgan fingerprint density at radius 2 is 1.90 bits per heavy atom. The molecule has 5 nitrogen and oxygen atoms in total. The predicted octanol–water partition coefficient (Wildman–Crippen LogP) is 5.11. The minimum absolute atomic E-state index is 0.0366. The van der Waals surface area contributed by atoms with Crippen molar-refractivity contribution in [3.63, 3.8) is 0 Å². The molecule has 2 heterocycles. The van der Waals surface area contributed by atoms with Crippen LogP contribution >= 0.6 is 15.9 Å². The lowest BCUT2D eigenvalue weighted by molar-refractivity contribution is -0.110. The van der Waals surface area contributed by atoms with Crippen LogP contribution in [-0.2, 0) is 4.79 Å². The number of nitrogens with zero attached hydrogens (tertiary/aromatic N) is 2. The average molecular weight is 464 g/mol. The number of hydrogen-bond donors (Lipinski definition) is 1. The van der Waals surface area contributed by atoms with Crippen molar-refractivity contribution in [2.24, 2.45) is 0 Å². The van der Waals surface area contributed by atoms with Gasteiger partial charge in [-0.3, -0.25) is 9.59 Å². The number of Topliss-reactive ketones (excluding diaryl/α,β-unsaturated/α-hetero) is 1. The summed E-state index contributed by atoms with van der Waals surface area (Å²) in [6, 6.07) is 14.9. The number of benzene rings is 2. The number of amides is 1. The molecule has 0 saturated carbocycles. The second-order valence-corrected chi connectivity index (χ2v) is 7.82. The zero-order valence-electron chi connectivity index (χ0n) is 16.1. The summed E-state index contributed by atoms with van der Waals surface area (Å²) in [5.74, 6) is -1.51. The van der Waals surface area contributed by atoms with E-state index in [2.05, 4.69) is 21.2 Å². The zero-order valence-corrected chi connectivity index (χ0v) is 17.7. The number of aryl methyl sites for hydroxylation is 1. The molecule has 1 N–H and O–H groups in total. The standard InChI is InChI=1S/C23H15BrFN3O2/c1-12-9-15(13(2)28(12)20-6-4-3-5-18(20)25)22(29)17(11-26)21-16-10-14(24)7-8-19(16)27-23(21)30/h3-10H,1-2H3,(H,27,30). The maximum atomic E-state index is 14.3. The number of fused-ring (bicyclic) bond motifs is 1. The zero-order chi connectivity index (χ0) is 21.6. The van der Waals surface area contributed by atoms with Crippen LogP contribution in [0.2, 0.25) is 0 Å². The molecular formula is C23H15BrFN3O2. The highest BCUT2D eigenvalue weighted by Gasteiger charge is 2.32. The monoisotopic (exact) mass is 463 g/mol. The van der Waals surface area contributed by atoms with Gasteiger partial charge in [0.1, 0.15) is 17.5 Å². The minimum atomic E-state index is -0.578. The van der Waals surface area contributed by atoms with Gasteiger partial charge in [-0.2, -0.15) is 5.26 Å². The van der Waals surface area contributed by atoms with E-state index >= 15 is 0 Å². The summed E-state index contributed by atoms with van der Waals surface area (Å²) in [4.78, 5) is 25.9. The summed E-state index contributed by atoms with van der Waals surface area (Å²) in [6.45, 7) is 3.44. The van der Waals surface area contributed by atoms with Crippen LogP contribution in [0.3, 0.4) is 0 Å². The van der Waals surface area contributed by atoms with Gasteiger partial charge < -0.3 is 9.88 Å². The largest absolute Gasteiger partial charge is 0.321 e. The highest BCUT2D eigenvalue weighted by atomic mass is 79.9. The Labute approximate surface area is 180 Å². The molecule has 7 heteroatoms. The topological polar surface area (TPSA) is 74.9 Å². The fraction of sp³-hybridized carbons (Fsp3) is 0.0870. The Bertz CT molecular complexity index is 1310. The summed E-state index contributed by atoms with van der Waals surface area (Å²) in [7, 11) is 0. The van der Waals surface area contributed by atoms with E-state index in [0.29, 0.717) is 28.3 Å². The lowest BCUT2D eigenvalue weighted by Crippen LogP contribution is -2.12. The van der Waals surface area contributed by atoms with Crippen LogP contribution in [0.1, 0.15) is 27.3 Å². The van der Waals surface area contributed by atoms with E-state index in [-0.39, 0.29) is 16.7 Å². The van der Waals surface area contributed by atoms with E-state index in [1.807, 2.05) is 6.07 Å². The second kappa shape index (κ2) is 7.39. The molecule has 2 aromatic carbocycles. The SMILES string of the molecule is Cc1cc(C(=O)C(C#N)=C2C(=O)Nc3ccc(Br)cc32)c(C)n1-c1ccccc1F. The molecule has 3 aromatic rings. The van der Waals surface area contributed by atoms with Gasteiger partial charge >= 0.3 is 0 Å². The number of anilines is 1. The molecule has 4 rings (SSSR count). The van der Waals surface area contributed by atoms with Crippen molar-refractivity contribution in [2.75, 3.05) is 5.32 Å². The smallest absolute Gasteiger partial charge is 0.257 e. The molecule has 1 aliphatic rings. The Balaban J connectivity index is 1.89. The lowest BCUT2D eigenvalue weighted by atomic mass is 9.95. The van der Waals surface area contributed by atoms with Crippen LogP contribution in [0.5, 0.6) is 0 Å². The molecule has 1 aromatic heterocycles. The fourth-order valence-corrected chi connectivity index (χ4v) is 4.10. The highest BCUT2D eigenvalue weighted by molar-refractivity contribution is 9.10. The average Bonchev–Trinajstić information content (AvgIpc) is 3.19. The molecule has 0 bridgehead atoms. The predicted molar refractivity (Wildman–Crippen MR) is 115 cm³/mol. The molecule has 30 heavy (non-hydrogen) atoms. The summed E-state index contributed by atoms with van der Waals surface area (Å²) >= 11 is 3.35. The van der Waals surface area contributed by atoms with Gasteiger partial charge in [0.05, 0.1) is 11.3 Å². The summed E-state index contributed by atoms with van der Waals surface area (Å²) in [5, 5.41) is 12.5. The maximum Gasteiger partial charge on any atom is 0.257 e. The molecule has 1 amide bonds. The number of carbonyl (C=O) groups excluding carboxylic acids is 2. The minimum Gasteiger partial charge on any atom is -0.321 e. The molecule has 0 radical (unpaired) electrons. The molecular weight excluding hydrogens is 449 g/mol. The number of nitriles is 1. The first-order valence-electron chi connectivity index (χ1n) is 9.07. The van der Waals surface area contributed by atoms with E-state index in [1.54, 1.807) is 60.9 Å². The number of nitrogens with one attached hydrogen (secondary N) is 1. The number of aromatic nitrogens is 1. The van der Waals surface area contributed by atoms with Crippen molar-refractivity contribution in [3.8, 4) is 11.8 Å². The fourth-order valence-electron chi connectivity index (χ4n) is 3.74. The Morgan fingerprint density at radius 1 is 1.17 bits per heavy atom. The molecule has 0 aliphatic carbocycles. The maximum absolute atomic E-state index is 14.3. The van der Waals surface area contributed by atoms with Gasteiger partial charge in [-0.25, -0.2) is 4.39 Å². The highest BCUT2D eigenvalue weighted by Crippen LogP contribution is 2.37. The van der Waals surface area contributed by atoms with Crippen LogP contribution in [0.15, 0.2) is 58.6 Å². The van der Waals surface area contributed by atoms with Crippen molar-refractivity contribution in [2.45, 2.75) is 13.8 Å². The van der Waals surface area contributed by atoms with Crippen LogP contribution in [0.4, 0.5) is 10.1 Å². The third-order valence-corrected chi connectivity index (χ3v) is 5.58. The van der Waals surface area contributed by atoms with Gasteiger partial charge in [0, 0.05) is 32.7 Å². The van der Waals surface area contributed by atoms with Crippen molar-refractivity contribution < 1.29 is 14.0 Å². The Morgan fingerprint density at radius 3 is 2.60 bits per heavy atom. The van der Waals surface area contributed by atoms with Gasteiger partial charge in [-0.15, -0.1) is 0 Å². The molecule has 1 aliphatic heterocycles. The van der Waals surface area contributed by atoms with Gasteiger partial charge in [-0.1, -0.05) is 28.1 Å². The molecule has 0 spiro atoms. The van der Waals surface area contributed by atoms with Crippen LogP contribution < -0.4 is 5.32 Å². The van der Waals surface area contributed by atoms with Crippen molar-refractivity contribution in [1.29, 1.82) is 5.26 Å². The molecule has 0 atom stereocenters. The van der Waals surface area contributed by atoms with E-state index in [0.717, 1.165) is 4.47 Å². The first kappa shape index (κ1) is 19.8. The molecule has 0 unspecified atom stereocenters. The van der Waals surface area contributed by atoms with Crippen molar-refractivity contribution in [3.05, 3.63) is 86.9 Å². The quantitative estimate of drug-likeness (QED) is 0.333. The van der Waals surface area contributed by atoms with Crippen molar-refractivity contribution in [1.82, 2.24) is 4.57 Å². The summed E-state index contributed by atoms with van der Waals surface area (Å²) in [5.41, 5.74) is 2.50. The third-order valence-electron chi connectivity index (χ3n) is 5.08. The number of allylic oxidation sites excluding steroid dienone is 1. The number of halogens is 2. The normalized spacial score (nSPS) is 14.2. The van der Waals surface area contributed by atoms with E-state index in [9.17, 15) is 19.2 Å². The molecule has 148 valence electrons. The number of para-hydroxylation sites is 1. The van der Waals surface area contributed by atoms with E-state index in [1.165, 1.54) is 6.07 Å². The van der Waals surface area contributed by atoms with Crippen LogP contribution in [0, 0.1) is 31.0 Å². The molecule has 0 saturated heterocycles. The van der Waals surface area contributed by atoms with Gasteiger partial charge in [0.2, 0.25) is 5.78 Å². The van der Waals surface area contributed by atoms with Gasteiger partial charge in [0.25, 0.3) is 5.91 Å². The first-order chi connectivity index (χ1) is 14.3. The third kappa shape index (κ3) is 3.06. The second-order valence-electron chi connectivity index (χ2n) is 6.91. The number of carbonyl (C=O) groups is 2. The lowest BCUT2D eigenvalue weighted by Gasteiger charge is -2.11. The van der Waals surface area contributed by atoms with Crippen molar-refractivity contribution >= 4 is 38.9 Å².